The normalized spacial score (nSPS) is 10.6. The van der Waals surface area contributed by atoms with Crippen LogP contribution in [-0.4, -0.2) is 18.5 Å². The second-order valence-corrected chi connectivity index (χ2v) is 5.80. The first kappa shape index (κ1) is 18.0. The Morgan fingerprint density at radius 2 is 1.83 bits per heavy atom. The first-order valence-corrected chi connectivity index (χ1v) is 7.86. The van der Waals surface area contributed by atoms with E-state index in [-0.39, 0.29) is 6.61 Å². The van der Waals surface area contributed by atoms with Gasteiger partial charge >= 0.3 is 5.97 Å². The van der Waals surface area contributed by atoms with Crippen molar-refractivity contribution in [2.75, 3.05) is 11.9 Å². The number of nitrogens with one attached hydrogen (secondary N) is 1. The van der Waals surface area contributed by atoms with Gasteiger partial charge in [0.05, 0.1) is 0 Å². The lowest BCUT2D eigenvalue weighted by atomic mass is 10.2. The quantitative estimate of drug-likeness (QED) is 0.628. The van der Waals surface area contributed by atoms with Crippen LogP contribution in [0.15, 0.2) is 48.5 Å². The summed E-state index contributed by atoms with van der Waals surface area (Å²) in [7, 11) is 0. The van der Waals surface area contributed by atoms with Gasteiger partial charge in [-0.25, -0.2) is 4.79 Å². The molecule has 0 saturated carbocycles. The zero-order valence-electron chi connectivity index (χ0n) is 12.9. The first-order valence-electron chi connectivity index (χ1n) is 7.11. The number of rotatable bonds is 5. The van der Waals surface area contributed by atoms with E-state index in [1.54, 1.807) is 55.5 Å². The van der Waals surface area contributed by atoms with Crippen molar-refractivity contribution in [1.29, 1.82) is 0 Å². The van der Waals surface area contributed by atoms with E-state index in [9.17, 15) is 9.59 Å². The number of esters is 1. The third-order valence-electron chi connectivity index (χ3n) is 3.17. The number of amides is 1. The number of hydrogen-bond acceptors (Lipinski definition) is 3. The highest BCUT2D eigenvalue weighted by atomic mass is 35.5. The fraction of sp³-hybridized carbons (Fsp3) is 0.111. The van der Waals surface area contributed by atoms with Crippen molar-refractivity contribution in [2.45, 2.75) is 6.92 Å². The van der Waals surface area contributed by atoms with Crippen molar-refractivity contribution in [2.24, 2.45) is 0 Å². The molecule has 0 saturated heterocycles. The second-order valence-electron chi connectivity index (χ2n) is 4.95. The lowest BCUT2D eigenvalue weighted by Crippen LogP contribution is -2.20. The molecular formula is C18H15Cl2NO3. The minimum Gasteiger partial charge on any atom is -0.452 e. The summed E-state index contributed by atoms with van der Waals surface area (Å²) in [6.45, 7) is 1.41. The Labute approximate surface area is 150 Å². The fourth-order valence-corrected chi connectivity index (χ4v) is 2.15. The maximum atomic E-state index is 11.8. The van der Waals surface area contributed by atoms with Gasteiger partial charge in [0.15, 0.2) is 6.61 Å². The minimum absolute atomic E-state index is 0.379. The molecule has 2 aromatic carbocycles. The average molecular weight is 364 g/mol. The summed E-state index contributed by atoms with van der Waals surface area (Å²) in [6, 6.07) is 12.1. The van der Waals surface area contributed by atoms with Gasteiger partial charge in [-0.15, -0.1) is 0 Å². The summed E-state index contributed by atoms with van der Waals surface area (Å²) in [5, 5.41) is 3.81. The van der Waals surface area contributed by atoms with Crippen molar-refractivity contribution < 1.29 is 14.3 Å². The van der Waals surface area contributed by atoms with Crippen molar-refractivity contribution in [3.8, 4) is 0 Å². The largest absolute Gasteiger partial charge is 0.452 e. The predicted molar refractivity (Wildman–Crippen MR) is 96.3 cm³/mol. The Balaban J connectivity index is 1.84. The SMILES string of the molecule is Cc1c(Cl)cccc1NC(=O)COC(=O)/C=C/c1ccc(Cl)cc1. The van der Waals surface area contributed by atoms with Gasteiger partial charge < -0.3 is 10.1 Å². The maximum Gasteiger partial charge on any atom is 0.331 e. The van der Waals surface area contributed by atoms with Crippen LogP contribution >= 0.6 is 23.2 Å². The zero-order chi connectivity index (χ0) is 17.5. The van der Waals surface area contributed by atoms with E-state index >= 15 is 0 Å². The summed E-state index contributed by atoms with van der Waals surface area (Å²) < 4.78 is 4.89. The molecule has 0 atom stereocenters. The van der Waals surface area contributed by atoms with Gasteiger partial charge in [0, 0.05) is 21.8 Å². The lowest BCUT2D eigenvalue weighted by Gasteiger charge is -2.09. The lowest BCUT2D eigenvalue weighted by molar-refractivity contribution is -0.142. The third kappa shape index (κ3) is 5.41. The molecule has 0 radical (unpaired) electrons. The molecule has 2 aromatic rings. The summed E-state index contributed by atoms with van der Waals surface area (Å²) in [6.07, 6.45) is 2.83. The minimum atomic E-state index is -0.608. The number of halogens is 2. The molecule has 1 amide bonds. The van der Waals surface area contributed by atoms with E-state index < -0.39 is 11.9 Å². The Morgan fingerprint density at radius 1 is 1.12 bits per heavy atom. The van der Waals surface area contributed by atoms with Crippen molar-refractivity contribution in [3.63, 3.8) is 0 Å². The van der Waals surface area contributed by atoms with Gasteiger partial charge in [-0.3, -0.25) is 4.79 Å². The molecule has 124 valence electrons. The highest BCUT2D eigenvalue weighted by Crippen LogP contribution is 2.22. The standard InChI is InChI=1S/C18H15Cl2NO3/c1-12-15(20)3-2-4-16(12)21-17(22)11-24-18(23)10-7-13-5-8-14(19)9-6-13/h2-10H,11H2,1H3,(H,21,22)/b10-7+. The first-order chi connectivity index (χ1) is 11.5. The molecule has 0 aromatic heterocycles. The van der Waals surface area contributed by atoms with Crippen molar-refractivity contribution >= 4 is 46.8 Å². The molecule has 0 aliphatic carbocycles. The van der Waals surface area contributed by atoms with Crippen LogP contribution in [0.1, 0.15) is 11.1 Å². The molecule has 4 nitrogen and oxygen atoms in total. The molecular weight excluding hydrogens is 349 g/mol. The topological polar surface area (TPSA) is 55.4 Å². The number of anilines is 1. The van der Waals surface area contributed by atoms with Gasteiger partial charge in [0.25, 0.3) is 5.91 Å². The van der Waals surface area contributed by atoms with E-state index in [0.29, 0.717) is 15.7 Å². The van der Waals surface area contributed by atoms with E-state index in [0.717, 1.165) is 11.1 Å². The summed E-state index contributed by atoms with van der Waals surface area (Å²) >= 11 is 11.8. The maximum absolute atomic E-state index is 11.8. The van der Waals surface area contributed by atoms with Crippen molar-refractivity contribution in [3.05, 3.63) is 69.7 Å². The Kier molecular flexibility index (Phi) is 6.41. The van der Waals surface area contributed by atoms with E-state index in [4.69, 9.17) is 27.9 Å². The van der Waals surface area contributed by atoms with Gasteiger partial charge in [-0.1, -0.05) is 41.4 Å². The summed E-state index contributed by atoms with van der Waals surface area (Å²) in [5.41, 5.74) is 2.14. The number of hydrogen-bond donors (Lipinski definition) is 1. The van der Waals surface area contributed by atoms with Gasteiger partial charge in [-0.05, 0) is 48.4 Å². The number of ether oxygens (including phenoxy) is 1. The molecule has 0 fully saturated rings. The summed E-state index contributed by atoms with van der Waals surface area (Å²) in [4.78, 5) is 23.4. The Morgan fingerprint density at radius 3 is 2.54 bits per heavy atom. The average Bonchev–Trinajstić information content (AvgIpc) is 2.56. The Bertz CT molecular complexity index is 770. The number of benzene rings is 2. The zero-order valence-corrected chi connectivity index (χ0v) is 14.4. The van der Waals surface area contributed by atoms with Gasteiger partial charge in [0.2, 0.25) is 0 Å². The van der Waals surface area contributed by atoms with Gasteiger partial charge in [0.1, 0.15) is 0 Å². The van der Waals surface area contributed by atoms with Crippen LogP contribution in [-0.2, 0) is 14.3 Å². The molecule has 0 bridgehead atoms. The monoisotopic (exact) mass is 363 g/mol. The van der Waals surface area contributed by atoms with Gasteiger partial charge in [-0.2, -0.15) is 0 Å². The second kappa shape index (κ2) is 8.52. The molecule has 6 heteroatoms. The smallest absolute Gasteiger partial charge is 0.331 e. The molecule has 0 aliphatic rings. The van der Waals surface area contributed by atoms with E-state index in [1.807, 2.05) is 0 Å². The summed E-state index contributed by atoms with van der Waals surface area (Å²) in [5.74, 6) is -1.04. The third-order valence-corrected chi connectivity index (χ3v) is 3.83. The van der Waals surface area contributed by atoms with Crippen LogP contribution in [0.4, 0.5) is 5.69 Å². The Hall–Kier alpha value is -2.30. The van der Waals surface area contributed by atoms with Crippen LogP contribution in [0.25, 0.3) is 6.08 Å². The molecule has 0 spiro atoms. The fourth-order valence-electron chi connectivity index (χ4n) is 1.85. The molecule has 0 unspecified atom stereocenters. The highest BCUT2D eigenvalue weighted by molar-refractivity contribution is 6.31. The molecule has 24 heavy (non-hydrogen) atoms. The molecule has 2 rings (SSSR count). The van der Waals surface area contributed by atoms with Crippen LogP contribution in [0, 0.1) is 6.92 Å². The van der Waals surface area contributed by atoms with Crippen LogP contribution in [0.3, 0.4) is 0 Å². The molecule has 0 aliphatic heterocycles. The number of carbonyl (C=O) groups excluding carboxylic acids is 2. The predicted octanol–water partition coefficient (Wildman–Crippen LogP) is 4.50. The van der Waals surface area contributed by atoms with Crippen LogP contribution in [0.5, 0.6) is 0 Å². The van der Waals surface area contributed by atoms with E-state index in [1.165, 1.54) is 6.08 Å². The molecule has 1 N–H and O–H groups in total. The van der Waals surface area contributed by atoms with Crippen LogP contribution < -0.4 is 5.32 Å². The van der Waals surface area contributed by atoms with Crippen LogP contribution in [0.2, 0.25) is 10.0 Å². The highest BCUT2D eigenvalue weighted by Gasteiger charge is 2.08. The number of carbonyl (C=O) groups is 2. The van der Waals surface area contributed by atoms with Crippen molar-refractivity contribution in [1.82, 2.24) is 0 Å². The van der Waals surface area contributed by atoms with E-state index in [2.05, 4.69) is 5.32 Å². The molecule has 0 heterocycles.